The maximum atomic E-state index is 2.49. The Balaban J connectivity index is 0.912. The molecule has 0 saturated heterocycles. The molecule has 0 saturated carbocycles. The van der Waals surface area contributed by atoms with Crippen LogP contribution in [0, 0.1) is 7.14 Å². The van der Waals surface area contributed by atoms with Crippen LogP contribution < -0.4 is 19.6 Å². The van der Waals surface area contributed by atoms with Gasteiger partial charge >= 0.3 is 0 Å². The molecular formula is C73H52I2N4. The molecule has 0 spiro atoms. The topological polar surface area (TPSA) is 13.0 Å². The van der Waals surface area contributed by atoms with Crippen molar-refractivity contribution in [2.24, 2.45) is 0 Å². The molecule has 0 heterocycles. The van der Waals surface area contributed by atoms with Gasteiger partial charge in [-0.15, -0.1) is 0 Å². The van der Waals surface area contributed by atoms with Gasteiger partial charge in [-0.3, -0.25) is 0 Å². The second-order valence-electron chi connectivity index (χ2n) is 19.6. The first-order chi connectivity index (χ1) is 39.0. The molecule has 0 bridgehead atoms. The van der Waals surface area contributed by atoms with E-state index in [9.17, 15) is 0 Å². The van der Waals surface area contributed by atoms with Crippen molar-refractivity contribution in [2.75, 3.05) is 19.6 Å². The molecule has 0 fully saturated rings. The summed E-state index contributed by atoms with van der Waals surface area (Å²) in [7, 11) is 0. The molecular weight excluding hydrogens is 1190 g/mol. The summed E-state index contributed by atoms with van der Waals surface area (Å²) in [6.45, 7) is 0. The Bertz CT molecular complexity index is 3650. The first-order valence-electron chi connectivity index (χ1n) is 26.5. The highest BCUT2D eigenvalue weighted by molar-refractivity contribution is 14.1. The zero-order chi connectivity index (χ0) is 53.1. The predicted octanol–water partition coefficient (Wildman–Crippen LogP) is 21.1. The Morgan fingerprint density at radius 2 is 0.392 bits per heavy atom. The Labute approximate surface area is 490 Å². The van der Waals surface area contributed by atoms with E-state index in [1.807, 2.05) is 0 Å². The number of anilines is 12. The van der Waals surface area contributed by atoms with E-state index in [0.717, 1.165) is 68.2 Å². The minimum absolute atomic E-state index is 0.626. The highest BCUT2D eigenvalue weighted by Gasteiger charge is 2.46. The molecule has 378 valence electrons. The van der Waals surface area contributed by atoms with Crippen molar-refractivity contribution in [3.8, 4) is 11.1 Å². The standard InChI is InChI=1S/C73H52I2N4/c74-55-35-49-69-70-50-36-56(75)52-72(70)73(71(69)51-55,53-31-37-63(38-32-53)78(61-27-15-5-16-28-61)67-45-41-65(42-46-67)76(57-19-7-1-8-20-57)58-21-9-2-10-22-58)54-33-39-64(40-34-54)79(62-29-17-6-18-30-62)68-47-43-66(44-48-68)77(59-23-11-3-12-24-59)60-25-13-4-14-26-60/h1-52H. The number of rotatable bonds is 14. The summed E-state index contributed by atoms with van der Waals surface area (Å²) in [4.78, 5) is 9.33. The molecule has 0 N–H and O–H groups in total. The van der Waals surface area contributed by atoms with Gasteiger partial charge in [-0.2, -0.15) is 0 Å². The Hall–Kier alpha value is -8.70. The first kappa shape index (κ1) is 49.8. The fourth-order valence-corrected chi connectivity index (χ4v) is 12.5. The number of benzene rings is 12. The van der Waals surface area contributed by atoms with E-state index in [2.05, 4.69) is 380 Å². The summed E-state index contributed by atoms with van der Waals surface area (Å²) >= 11 is 4.99. The maximum Gasteiger partial charge on any atom is 0.0714 e. The Morgan fingerprint density at radius 1 is 0.203 bits per heavy atom. The van der Waals surface area contributed by atoms with Crippen LogP contribution in [0.3, 0.4) is 0 Å². The third kappa shape index (κ3) is 9.55. The van der Waals surface area contributed by atoms with Gasteiger partial charge < -0.3 is 19.6 Å². The zero-order valence-corrected chi connectivity index (χ0v) is 47.4. The smallest absolute Gasteiger partial charge is 0.0714 e. The summed E-state index contributed by atoms with van der Waals surface area (Å²) in [6, 6.07) is 114. The van der Waals surface area contributed by atoms with Crippen molar-refractivity contribution >= 4 is 113 Å². The monoisotopic (exact) mass is 1240 g/mol. The molecule has 0 atom stereocenters. The minimum atomic E-state index is -0.626. The molecule has 0 unspecified atom stereocenters. The van der Waals surface area contributed by atoms with Crippen molar-refractivity contribution in [1.82, 2.24) is 0 Å². The molecule has 12 aromatic rings. The van der Waals surface area contributed by atoms with Crippen LogP contribution in [-0.4, -0.2) is 0 Å². The number of hydrogen-bond acceptors (Lipinski definition) is 4. The normalized spacial score (nSPS) is 12.0. The van der Waals surface area contributed by atoms with Gasteiger partial charge in [0.15, 0.2) is 0 Å². The summed E-state index contributed by atoms with van der Waals surface area (Å²) in [5.41, 5.74) is 19.9. The Kier molecular flexibility index (Phi) is 13.9. The van der Waals surface area contributed by atoms with Gasteiger partial charge in [-0.05, 0) is 248 Å². The van der Waals surface area contributed by atoms with Crippen LogP contribution in [0.5, 0.6) is 0 Å². The number of halogens is 2. The molecule has 13 rings (SSSR count). The number of nitrogens with zero attached hydrogens (tertiary/aromatic N) is 4. The molecule has 0 aromatic heterocycles. The van der Waals surface area contributed by atoms with Crippen LogP contribution in [0.1, 0.15) is 22.3 Å². The fraction of sp³-hybridized carbons (Fsp3) is 0.0137. The first-order valence-corrected chi connectivity index (χ1v) is 28.7. The maximum absolute atomic E-state index is 2.49. The highest BCUT2D eigenvalue weighted by Crippen LogP contribution is 2.57. The van der Waals surface area contributed by atoms with Gasteiger partial charge in [-0.1, -0.05) is 146 Å². The highest BCUT2D eigenvalue weighted by atomic mass is 127. The van der Waals surface area contributed by atoms with Gasteiger partial charge in [0, 0.05) is 75.4 Å². The molecule has 6 heteroatoms. The lowest BCUT2D eigenvalue weighted by Gasteiger charge is -2.35. The summed E-state index contributed by atoms with van der Waals surface area (Å²) < 4.78 is 2.40. The van der Waals surface area contributed by atoms with E-state index < -0.39 is 5.41 Å². The molecule has 1 aliphatic carbocycles. The van der Waals surface area contributed by atoms with Crippen LogP contribution in [0.15, 0.2) is 315 Å². The number of hydrogen-bond donors (Lipinski definition) is 0. The van der Waals surface area contributed by atoms with Gasteiger partial charge in [0.1, 0.15) is 0 Å². The second-order valence-corrected chi connectivity index (χ2v) is 22.1. The third-order valence-corrected chi connectivity index (χ3v) is 16.3. The lowest BCUT2D eigenvalue weighted by Crippen LogP contribution is -2.29. The van der Waals surface area contributed by atoms with E-state index in [-0.39, 0.29) is 0 Å². The van der Waals surface area contributed by atoms with E-state index >= 15 is 0 Å². The van der Waals surface area contributed by atoms with Crippen molar-refractivity contribution in [3.63, 3.8) is 0 Å². The van der Waals surface area contributed by atoms with Crippen molar-refractivity contribution < 1.29 is 0 Å². The largest absolute Gasteiger partial charge is 0.311 e. The van der Waals surface area contributed by atoms with Crippen LogP contribution >= 0.6 is 45.2 Å². The Morgan fingerprint density at radius 3 is 0.608 bits per heavy atom. The lowest BCUT2D eigenvalue weighted by atomic mass is 9.67. The van der Waals surface area contributed by atoms with Crippen LogP contribution in [0.2, 0.25) is 0 Å². The molecule has 0 radical (unpaired) electrons. The van der Waals surface area contributed by atoms with Crippen LogP contribution in [0.25, 0.3) is 11.1 Å². The molecule has 0 amide bonds. The molecule has 4 nitrogen and oxygen atoms in total. The SMILES string of the molecule is Ic1ccc2c(c1)C(c1ccc(N(c3ccccc3)c3ccc(N(c4ccccc4)c4ccccc4)cc3)cc1)(c1ccc(N(c3ccccc3)c3ccc(N(c4ccccc4)c4ccccc4)cc3)cc1)c1cc(I)ccc1-2. The summed E-state index contributed by atoms with van der Waals surface area (Å²) in [5.74, 6) is 0. The van der Waals surface area contributed by atoms with Crippen molar-refractivity contribution in [1.29, 1.82) is 0 Å². The fourth-order valence-electron chi connectivity index (χ4n) is 11.5. The zero-order valence-electron chi connectivity index (χ0n) is 43.1. The summed E-state index contributed by atoms with van der Waals surface area (Å²) in [6.07, 6.45) is 0. The van der Waals surface area contributed by atoms with E-state index in [1.165, 1.54) is 40.5 Å². The lowest BCUT2D eigenvalue weighted by molar-refractivity contribution is 0.767. The summed E-state index contributed by atoms with van der Waals surface area (Å²) in [5, 5.41) is 0. The van der Waals surface area contributed by atoms with Gasteiger partial charge in [0.05, 0.1) is 5.41 Å². The molecule has 79 heavy (non-hydrogen) atoms. The third-order valence-electron chi connectivity index (χ3n) is 15.0. The van der Waals surface area contributed by atoms with Crippen LogP contribution in [0.4, 0.5) is 68.2 Å². The van der Waals surface area contributed by atoms with Crippen LogP contribution in [-0.2, 0) is 5.41 Å². The molecule has 0 aliphatic heterocycles. The minimum Gasteiger partial charge on any atom is -0.311 e. The quantitative estimate of drug-likeness (QED) is 0.101. The van der Waals surface area contributed by atoms with E-state index in [1.54, 1.807) is 0 Å². The van der Waals surface area contributed by atoms with E-state index in [0.29, 0.717) is 0 Å². The van der Waals surface area contributed by atoms with Crippen molar-refractivity contribution in [2.45, 2.75) is 5.41 Å². The molecule has 1 aliphatic rings. The average molecular weight is 1240 g/mol. The second kappa shape index (κ2) is 22.0. The number of fused-ring (bicyclic) bond motifs is 3. The average Bonchev–Trinajstić information content (AvgIpc) is 3.86. The molecule has 12 aromatic carbocycles. The van der Waals surface area contributed by atoms with E-state index in [4.69, 9.17) is 0 Å². The van der Waals surface area contributed by atoms with Gasteiger partial charge in [-0.25, -0.2) is 0 Å². The van der Waals surface area contributed by atoms with Gasteiger partial charge in [0.2, 0.25) is 0 Å². The van der Waals surface area contributed by atoms with Crippen molar-refractivity contribution in [3.05, 3.63) is 345 Å². The van der Waals surface area contributed by atoms with Gasteiger partial charge in [0.25, 0.3) is 0 Å². The number of para-hydroxylation sites is 6. The predicted molar refractivity (Wildman–Crippen MR) is 348 cm³/mol.